The molecule has 2 aromatic carbocycles. The molecule has 1 unspecified atom stereocenters. The van der Waals surface area contributed by atoms with Crippen molar-refractivity contribution < 1.29 is 33.3 Å². The molecule has 0 bridgehead atoms. The summed E-state index contributed by atoms with van der Waals surface area (Å²) in [4.78, 5) is 27.6. The number of hydrogen-bond donors (Lipinski definition) is 1. The summed E-state index contributed by atoms with van der Waals surface area (Å²) in [5, 5.41) is 10.1. The van der Waals surface area contributed by atoms with E-state index in [1.807, 2.05) is 0 Å². The van der Waals surface area contributed by atoms with E-state index in [-0.39, 0.29) is 34.1 Å². The number of carbonyl (C=O) groups is 2. The van der Waals surface area contributed by atoms with Gasteiger partial charge in [0.25, 0.3) is 0 Å². The standard InChI is InChI=1S/C25H25N3O7/c1-31-17-12-19(33-3)18(32-2)11-16(17)28-22(25(30)35-5)21(24(29)34-4)20(15(13-26)23(28)27)14-9-7-6-8-10-14/h6-12,20H,27H2,1-5H3. The molecule has 182 valence electrons. The van der Waals surface area contributed by atoms with Crippen LogP contribution in [0, 0.1) is 11.3 Å². The molecule has 1 aliphatic heterocycles. The Kier molecular flexibility index (Phi) is 7.51. The van der Waals surface area contributed by atoms with Gasteiger partial charge in [-0.1, -0.05) is 30.3 Å². The number of carbonyl (C=O) groups excluding carboxylic acids is 2. The van der Waals surface area contributed by atoms with Crippen molar-refractivity contribution in [3.8, 4) is 23.3 Å². The summed E-state index contributed by atoms with van der Waals surface area (Å²) in [6.45, 7) is 0. The Morgan fingerprint density at radius 3 is 1.97 bits per heavy atom. The Hall–Kier alpha value is -4.65. The fraction of sp³-hybridized carbons (Fsp3) is 0.240. The first-order valence-corrected chi connectivity index (χ1v) is 10.3. The van der Waals surface area contributed by atoms with Crippen molar-refractivity contribution in [1.82, 2.24) is 0 Å². The smallest absolute Gasteiger partial charge is 0.355 e. The monoisotopic (exact) mass is 479 g/mol. The zero-order valence-corrected chi connectivity index (χ0v) is 19.9. The van der Waals surface area contributed by atoms with Gasteiger partial charge in [-0.25, -0.2) is 9.59 Å². The van der Waals surface area contributed by atoms with E-state index in [4.69, 9.17) is 29.4 Å². The fourth-order valence-corrected chi connectivity index (χ4v) is 3.95. The SMILES string of the molecule is COC(=O)C1=C(C(=O)OC)N(c2cc(OC)c(OC)cc2OC)C(N)=C(C#N)C1c1ccccc1. The molecule has 3 rings (SSSR count). The number of anilines is 1. The molecule has 0 saturated carbocycles. The first-order chi connectivity index (χ1) is 16.9. The van der Waals surface area contributed by atoms with Crippen molar-refractivity contribution in [3.05, 3.63) is 70.7 Å². The van der Waals surface area contributed by atoms with Crippen LogP contribution < -0.4 is 24.8 Å². The third-order valence-electron chi connectivity index (χ3n) is 5.54. The van der Waals surface area contributed by atoms with Crippen LogP contribution in [0.15, 0.2) is 65.1 Å². The molecule has 10 heteroatoms. The molecule has 2 aromatic rings. The van der Waals surface area contributed by atoms with Gasteiger partial charge < -0.3 is 29.4 Å². The van der Waals surface area contributed by atoms with Gasteiger partial charge in [0.05, 0.1) is 64.4 Å². The van der Waals surface area contributed by atoms with Gasteiger partial charge in [0.15, 0.2) is 11.5 Å². The lowest BCUT2D eigenvalue weighted by Crippen LogP contribution is -2.41. The maximum atomic E-state index is 13.2. The third-order valence-corrected chi connectivity index (χ3v) is 5.54. The highest BCUT2D eigenvalue weighted by atomic mass is 16.5. The molecule has 0 spiro atoms. The van der Waals surface area contributed by atoms with E-state index in [0.717, 1.165) is 0 Å². The van der Waals surface area contributed by atoms with Crippen LogP contribution in [0.5, 0.6) is 17.2 Å². The molecule has 1 aliphatic rings. The Balaban J connectivity index is 2.48. The lowest BCUT2D eigenvalue weighted by atomic mass is 9.81. The molecule has 0 saturated heterocycles. The van der Waals surface area contributed by atoms with E-state index >= 15 is 0 Å². The largest absolute Gasteiger partial charge is 0.494 e. The molecular weight excluding hydrogens is 454 g/mol. The lowest BCUT2D eigenvalue weighted by Gasteiger charge is -2.36. The number of ether oxygens (including phenoxy) is 5. The number of hydrogen-bond acceptors (Lipinski definition) is 10. The number of nitrogens with zero attached hydrogens (tertiary/aromatic N) is 2. The van der Waals surface area contributed by atoms with Crippen LogP contribution in [0.1, 0.15) is 11.5 Å². The van der Waals surface area contributed by atoms with Gasteiger partial charge in [0.1, 0.15) is 17.3 Å². The summed E-state index contributed by atoms with van der Waals surface area (Å²) in [6, 6.07) is 13.9. The summed E-state index contributed by atoms with van der Waals surface area (Å²) in [7, 11) is 6.66. The van der Waals surface area contributed by atoms with Gasteiger partial charge in [-0.2, -0.15) is 5.26 Å². The third kappa shape index (κ3) is 4.31. The highest BCUT2D eigenvalue weighted by Crippen LogP contribution is 2.47. The first-order valence-electron chi connectivity index (χ1n) is 10.3. The van der Waals surface area contributed by atoms with Crippen LogP contribution in [-0.2, 0) is 19.1 Å². The van der Waals surface area contributed by atoms with Crippen LogP contribution in [0.25, 0.3) is 0 Å². The minimum atomic E-state index is -0.981. The molecule has 35 heavy (non-hydrogen) atoms. The fourth-order valence-electron chi connectivity index (χ4n) is 3.95. The molecule has 0 amide bonds. The van der Waals surface area contributed by atoms with Crippen LogP contribution in [-0.4, -0.2) is 47.5 Å². The van der Waals surface area contributed by atoms with Gasteiger partial charge >= 0.3 is 11.9 Å². The van der Waals surface area contributed by atoms with Gasteiger partial charge in [0.2, 0.25) is 0 Å². The predicted molar refractivity (Wildman–Crippen MR) is 126 cm³/mol. The summed E-state index contributed by atoms with van der Waals surface area (Å²) >= 11 is 0. The Bertz CT molecular complexity index is 1250. The van der Waals surface area contributed by atoms with Crippen LogP contribution in [0.2, 0.25) is 0 Å². The molecule has 1 heterocycles. The van der Waals surface area contributed by atoms with Gasteiger partial charge in [-0.05, 0) is 5.56 Å². The number of nitrogens with two attached hydrogens (primary N) is 1. The second-order valence-corrected chi connectivity index (χ2v) is 7.21. The van der Waals surface area contributed by atoms with E-state index < -0.39 is 17.9 Å². The van der Waals surface area contributed by atoms with Crippen molar-refractivity contribution in [2.24, 2.45) is 5.73 Å². The molecule has 0 aliphatic carbocycles. The van der Waals surface area contributed by atoms with Crippen molar-refractivity contribution in [2.45, 2.75) is 5.92 Å². The van der Waals surface area contributed by atoms with E-state index in [9.17, 15) is 14.9 Å². The maximum absolute atomic E-state index is 13.2. The van der Waals surface area contributed by atoms with E-state index in [2.05, 4.69) is 6.07 Å². The van der Waals surface area contributed by atoms with Crippen LogP contribution in [0.4, 0.5) is 5.69 Å². The van der Waals surface area contributed by atoms with Crippen LogP contribution in [0.3, 0.4) is 0 Å². The number of allylic oxidation sites excluding steroid dienone is 1. The molecule has 0 aromatic heterocycles. The average Bonchev–Trinajstić information content (AvgIpc) is 2.90. The quantitative estimate of drug-likeness (QED) is 0.591. The average molecular weight is 479 g/mol. The van der Waals surface area contributed by atoms with Gasteiger partial charge in [-0.15, -0.1) is 0 Å². The molecule has 0 fully saturated rings. The van der Waals surface area contributed by atoms with Crippen molar-refractivity contribution in [1.29, 1.82) is 5.26 Å². The second-order valence-electron chi connectivity index (χ2n) is 7.21. The van der Waals surface area contributed by atoms with Gasteiger partial charge in [0, 0.05) is 12.1 Å². The van der Waals surface area contributed by atoms with Crippen LogP contribution >= 0.6 is 0 Å². The zero-order valence-electron chi connectivity index (χ0n) is 19.9. The minimum absolute atomic E-state index is 0.0288. The highest BCUT2D eigenvalue weighted by Gasteiger charge is 2.43. The summed E-state index contributed by atoms with van der Waals surface area (Å²) in [5.41, 5.74) is 6.99. The number of nitriles is 1. The summed E-state index contributed by atoms with van der Waals surface area (Å²) < 4.78 is 26.4. The number of methoxy groups -OCH3 is 5. The zero-order chi connectivity index (χ0) is 25.7. The highest BCUT2D eigenvalue weighted by molar-refractivity contribution is 6.06. The molecule has 10 nitrogen and oxygen atoms in total. The minimum Gasteiger partial charge on any atom is -0.494 e. The molecular formula is C25H25N3O7. The first kappa shape index (κ1) is 25.0. The predicted octanol–water partition coefficient (Wildman–Crippen LogP) is 2.61. The topological polar surface area (TPSA) is 133 Å². The van der Waals surface area contributed by atoms with Crippen molar-refractivity contribution >= 4 is 17.6 Å². The maximum Gasteiger partial charge on any atom is 0.355 e. The summed E-state index contributed by atoms with van der Waals surface area (Å²) in [6.07, 6.45) is 0. The van der Waals surface area contributed by atoms with E-state index in [0.29, 0.717) is 17.1 Å². The van der Waals surface area contributed by atoms with E-state index in [1.54, 1.807) is 30.3 Å². The lowest BCUT2D eigenvalue weighted by molar-refractivity contribution is -0.139. The Labute approximate surface area is 202 Å². The number of benzene rings is 2. The Morgan fingerprint density at radius 1 is 0.886 bits per heavy atom. The summed E-state index contributed by atoms with van der Waals surface area (Å²) in [5.74, 6) is -1.90. The molecule has 2 N–H and O–H groups in total. The Morgan fingerprint density at radius 2 is 1.46 bits per heavy atom. The molecule has 0 radical (unpaired) electrons. The number of esters is 2. The molecule has 1 atom stereocenters. The second kappa shape index (κ2) is 10.5. The number of rotatable bonds is 7. The van der Waals surface area contributed by atoms with Gasteiger partial charge in [-0.3, -0.25) is 4.90 Å². The van der Waals surface area contributed by atoms with E-state index in [1.165, 1.54) is 52.6 Å². The normalized spacial score (nSPS) is 15.3. The van der Waals surface area contributed by atoms with Crippen molar-refractivity contribution in [3.63, 3.8) is 0 Å². The van der Waals surface area contributed by atoms with Crippen molar-refractivity contribution in [2.75, 3.05) is 40.4 Å².